The van der Waals surface area contributed by atoms with E-state index in [1.165, 1.54) is 30.5 Å². The Labute approximate surface area is 156 Å². The van der Waals surface area contributed by atoms with Gasteiger partial charge in [0.1, 0.15) is 23.6 Å². The van der Waals surface area contributed by atoms with Crippen LogP contribution < -0.4 is 15.4 Å². The van der Waals surface area contributed by atoms with Gasteiger partial charge in [-0.2, -0.15) is 0 Å². The van der Waals surface area contributed by atoms with Crippen LogP contribution in [0, 0.1) is 11.6 Å². The fraction of sp³-hybridized carbons (Fsp3) is 0.300. The molecule has 0 aromatic heterocycles. The zero-order chi connectivity index (χ0) is 19.6. The third kappa shape index (κ3) is 4.75. The molecular formula is C20H22F2N2O3. The van der Waals surface area contributed by atoms with Gasteiger partial charge in [-0.05, 0) is 44.0 Å². The van der Waals surface area contributed by atoms with Crippen molar-refractivity contribution in [2.24, 2.45) is 0 Å². The van der Waals surface area contributed by atoms with Gasteiger partial charge in [0, 0.05) is 36.0 Å². The van der Waals surface area contributed by atoms with Crippen LogP contribution in [0.2, 0.25) is 0 Å². The highest BCUT2D eigenvalue weighted by atomic mass is 19.1. The molecule has 1 aliphatic rings. The van der Waals surface area contributed by atoms with E-state index in [9.17, 15) is 19.0 Å². The average Bonchev–Trinajstić information content (AvgIpc) is 2.57. The van der Waals surface area contributed by atoms with E-state index in [0.29, 0.717) is 29.0 Å². The summed E-state index contributed by atoms with van der Waals surface area (Å²) in [6.07, 6.45) is 2.44. The van der Waals surface area contributed by atoms with Crippen LogP contribution in [0.25, 0.3) is 0 Å². The van der Waals surface area contributed by atoms with Crippen molar-refractivity contribution in [3.63, 3.8) is 0 Å². The van der Waals surface area contributed by atoms with Crippen LogP contribution in [0.4, 0.5) is 14.5 Å². The number of hydrogen-bond donors (Lipinski definition) is 4. The second-order valence-electron chi connectivity index (χ2n) is 7.21. The number of benzene rings is 2. The van der Waals surface area contributed by atoms with E-state index in [4.69, 9.17) is 4.74 Å². The van der Waals surface area contributed by atoms with Gasteiger partial charge < -0.3 is 25.6 Å². The number of ether oxygens (including phenoxy) is 1. The Morgan fingerprint density at radius 1 is 1.15 bits per heavy atom. The third-order valence-corrected chi connectivity index (χ3v) is 4.30. The van der Waals surface area contributed by atoms with Gasteiger partial charge >= 0.3 is 0 Å². The van der Waals surface area contributed by atoms with Crippen LogP contribution in [0.3, 0.4) is 0 Å². The predicted octanol–water partition coefficient (Wildman–Crippen LogP) is 3.59. The largest absolute Gasteiger partial charge is 0.508 e. The monoisotopic (exact) mass is 376 g/mol. The topological polar surface area (TPSA) is 73.8 Å². The summed E-state index contributed by atoms with van der Waals surface area (Å²) in [5.74, 6) is -0.798. The van der Waals surface area contributed by atoms with Crippen molar-refractivity contribution in [1.29, 1.82) is 0 Å². The van der Waals surface area contributed by atoms with Crippen molar-refractivity contribution in [1.82, 2.24) is 5.32 Å². The average molecular weight is 376 g/mol. The molecule has 27 heavy (non-hydrogen) atoms. The van der Waals surface area contributed by atoms with Crippen LogP contribution in [-0.2, 0) is 6.42 Å². The third-order valence-electron chi connectivity index (χ3n) is 4.30. The lowest BCUT2D eigenvalue weighted by atomic mass is 9.94. The maximum Gasteiger partial charge on any atom is 0.156 e. The first kappa shape index (κ1) is 19.1. The molecule has 0 radical (unpaired) electrons. The quantitative estimate of drug-likeness (QED) is 0.620. The van der Waals surface area contributed by atoms with Gasteiger partial charge in [-0.25, -0.2) is 8.78 Å². The molecule has 144 valence electrons. The molecule has 5 nitrogen and oxygen atoms in total. The maximum atomic E-state index is 13.4. The number of aliphatic hydroxyl groups excluding tert-OH is 1. The molecule has 7 heteroatoms. The van der Waals surface area contributed by atoms with Crippen molar-refractivity contribution in [3.05, 3.63) is 65.6 Å². The van der Waals surface area contributed by atoms with E-state index in [1.54, 1.807) is 6.20 Å². The summed E-state index contributed by atoms with van der Waals surface area (Å²) in [4.78, 5) is 0. The number of anilines is 1. The SMILES string of the molecule is CC(C)(Cc1cc(F)cc(F)c1)NCC(O)c1cc(O)cc2c1OC=CN2. The fourth-order valence-electron chi connectivity index (χ4n) is 3.12. The van der Waals surface area contributed by atoms with E-state index in [2.05, 4.69) is 10.6 Å². The summed E-state index contributed by atoms with van der Waals surface area (Å²) in [5, 5.41) is 26.6. The number of hydrogen-bond acceptors (Lipinski definition) is 5. The van der Waals surface area contributed by atoms with Crippen molar-refractivity contribution >= 4 is 5.69 Å². The van der Waals surface area contributed by atoms with Gasteiger partial charge in [-0.15, -0.1) is 0 Å². The van der Waals surface area contributed by atoms with E-state index in [1.807, 2.05) is 13.8 Å². The lowest BCUT2D eigenvalue weighted by Gasteiger charge is -2.29. The lowest BCUT2D eigenvalue weighted by molar-refractivity contribution is 0.157. The molecule has 3 rings (SSSR count). The molecule has 0 saturated heterocycles. The normalized spacial score (nSPS) is 14.3. The van der Waals surface area contributed by atoms with Crippen LogP contribution in [0.5, 0.6) is 11.5 Å². The minimum atomic E-state index is -0.956. The number of halogens is 2. The zero-order valence-corrected chi connectivity index (χ0v) is 15.1. The molecule has 0 saturated carbocycles. The zero-order valence-electron chi connectivity index (χ0n) is 15.1. The number of phenolic OH excluding ortho intramolecular Hbond substituents is 1. The van der Waals surface area contributed by atoms with E-state index in [-0.39, 0.29) is 12.3 Å². The van der Waals surface area contributed by atoms with E-state index in [0.717, 1.165) is 6.07 Å². The first-order valence-electron chi connectivity index (χ1n) is 8.57. The van der Waals surface area contributed by atoms with Crippen molar-refractivity contribution in [2.75, 3.05) is 11.9 Å². The Morgan fingerprint density at radius 3 is 2.56 bits per heavy atom. The van der Waals surface area contributed by atoms with E-state index >= 15 is 0 Å². The van der Waals surface area contributed by atoms with Crippen molar-refractivity contribution in [3.8, 4) is 11.5 Å². The highest BCUT2D eigenvalue weighted by Crippen LogP contribution is 2.38. The minimum Gasteiger partial charge on any atom is -0.508 e. The van der Waals surface area contributed by atoms with Gasteiger partial charge in [-0.3, -0.25) is 0 Å². The number of β-amino-alcohol motifs (C(OH)–C–C–N with tert-alkyl or cyclic N) is 1. The van der Waals surface area contributed by atoms with Gasteiger partial charge in [0.15, 0.2) is 5.75 Å². The smallest absolute Gasteiger partial charge is 0.156 e. The maximum absolute atomic E-state index is 13.4. The number of nitrogens with one attached hydrogen (secondary N) is 2. The molecule has 0 bridgehead atoms. The number of aromatic hydroxyl groups is 1. The Kier molecular flexibility index (Phi) is 5.34. The fourth-order valence-corrected chi connectivity index (χ4v) is 3.12. The van der Waals surface area contributed by atoms with Gasteiger partial charge in [0.2, 0.25) is 0 Å². The highest BCUT2D eigenvalue weighted by Gasteiger charge is 2.24. The van der Waals surface area contributed by atoms with Crippen LogP contribution in [-0.4, -0.2) is 22.3 Å². The van der Waals surface area contributed by atoms with Crippen LogP contribution in [0.15, 0.2) is 42.8 Å². The first-order valence-corrected chi connectivity index (χ1v) is 8.57. The number of fused-ring (bicyclic) bond motifs is 1. The number of rotatable bonds is 6. The second-order valence-corrected chi connectivity index (χ2v) is 7.21. The van der Waals surface area contributed by atoms with Gasteiger partial charge in [0.05, 0.1) is 11.8 Å². The summed E-state index contributed by atoms with van der Waals surface area (Å²) >= 11 is 0. The van der Waals surface area contributed by atoms with Crippen molar-refractivity contribution in [2.45, 2.75) is 31.9 Å². The number of aliphatic hydroxyl groups is 1. The minimum absolute atomic E-state index is 0.00342. The van der Waals surface area contributed by atoms with E-state index < -0.39 is 23.3 Å². The molecule has 0 spiro atoms. The Bertz CT molecular complexity index is 848. The summed E-state index contributed by atoms with van der Waals surface area (Å²) in [6.45, 7) is 3.91. The first-order chi connectivity index (χ1) is 12.7. The Balaban J connectivity index is 1.70. The van der Waals surface area contributed by atoms with Crippen molar-refractivity contribution < 1.29 is 23.7 Å². The standard InChI is InChI=1S/C20H22F2N2O3/c1-20(2,10-12-5-13(21)7-14(22)6-12)24-11-18(26)16-8-15(25)9-17-19(16)27-4-3-23-17/h3-9,18,23-26H,10-11H2,1-2H3. The molecule has 1 aliphatic heterocycles. The van der Waals surface area contributed by atoms with Gasteiger partial charge in [-0.1, -0.05) is 0 Å². The Morgan fingerprint density at radius 2 is 1.85 bits per heavy atom. The van der Waals surface area contributed by atoms with Crippen LogP contribution >= 0.6 is 0 Å². The molecule has 2 aromatic carbocycles. The predicted molar refractivity (Wildman–Crippen MR) is 98.6 cm³/mol. The summed E-state index contributed by atoms with van der Waals surface area (Å²) in [6, 6.07) is 6.37. The molecule has 0 aliphatic carbocycles. The summed E-state index contributed by atoms with van der Waals surface area (Å²) < 4.78 is 32.2. The second kappa shape index (κ2) is 7.54. The molecule has 0 fully saturated rings. The molecule has 4 N–H and O–H groups in total. The summed E-state index contributed by atoms with van der Waals surface area (Å²) in [7, 11) is 0. The highest BCUT2D eigenvalue weighted by molar-refractivity contribution is 5.66. The molecule has 0 amide bonds. The molecule has 1 atom stereocenters. The molecule has 1 heterocycles. The molecule has 2 aromatic rings. The molecule has 1 unspecified atom stereocenters. The van der Waals surface area contributed by atoms with Gasteiger partial charge in [0.25, 0.3) is 0 Å². The molecular weight excluding hydrogens is 354 g/mol. The lowest BCUT2D eigenvalue weighted by Crippen LogP contribution is -2.43. The van der Waals surface area contributed by atoms with Crippen LogP contribution in [0.1, 0.15) is 31.1 Å². The Hall–Kier alpha value is -2.64. The summed E-state index contributed by atoms with van der Waals surface area (Å²) in [5.41, 5.74) is 0.979. The number of phenols is 1.